The number of likely N-dealkylation sites (tertiary alicyclic amines) is 1. The van der Waals surface area contributed by atoms with Crippen molar-refractivity contribution >= 4 is 11.8 Å². The molecule has 1 saturated heterocycles. The topological polar surface area (TPSA) is 75.9 Å². The predicted octanol–water partition coefficient (Wildman–Crippen LogP) is 3.23. The number of aryl methyl sites for hydroxylation is 2. The van der Waals surface area contributed by atoms with E-state index in [1.807, 2.05) is 50.1 Å². The molecular weight excluding hydrogens is 406 g/mol. The quantitative estimate of drug-likeness (QED) is 0.675. The molecule has 0 spiro atoms. The molecule has 0 saturated carbocycles. The van der Waals surface area contributed by atoms with E-state index in [1.54, 1.807) is 4.90 Å². The number of aromatic nitrogens is 1. The van der Waals surface area contributed by atoms with E-state index in [0.29, 0.717) is 18.7 Å². The number of amides is 2. The van der Waals surface area contributed by atoms with Gasteiger partial charge in [-0.25, -0.2) is 0 Å². The molecule has 7 heteroatoms. The Morgan fingerprint density at radius 2 is 2.00 bits per heavy atom. The smallest absolute Gasteiger partial charge is 0.260 e. The van der Waals surface area contributed by atoms with Crippen LogP contribution < -0.4 is 4.74 Å². The average molecular weight is 438 g/mol. The SMILES string of the molecule is Cc1noc(C)c1CC(=O)N1CCC[C@@H]2[C@H]1C/C=C/Cc1ccccc1OCC(=O)N2C. The van der Waals surface area contributed by atoms with Gasteiger partial charge in [-0.2, -0.15) is 0 Å². The lowest BCUT2D eigenvalue weighted by atomic mass is 9.91. The fraction of sp³-hybridized carbons (Fsp3) is 0.480. The number of allylic oxidation sites excluding steroid dienone is 1. The van der Waals surface area contributed by atoms with E-state index in [1.165, 1.54) is 0 Å². The Kier molecular flexibility index (Phi) is 6.63. The Bertz CT molecular complexity index is 993. The number of hydrogen-bond acceptors (Lipinski definition) is 5. The van der Waals surface area contributed by atoms with E-state index in [-0.39, 0.29) is 36.9 Å². The normalized spacial score (nSPS) is 22.8. The molecule has 2 aliphatic rings. The number of para-hydroxylation sites is 1. The van der Waals surface area contributed by atoms with Crippen molar-refractivity contribution in [3.05, 3.63) is 59.0 Å². The summed E-state index contributed by atoms with van der Waals surface area (Å²) in [6.07, 6.45) is 7.70. The molecule has 32 heavy (non-hydrogen) atoms. The standard InChI is InChI=1S/C25H31N3O4/c1-17-20(18(2)32-26-17)15-24(29)28-14-8-12-21-22(28)11-6-4-9-19-10-5-7-13-23(19)31-16-25(30)27(21)3/h4-7,10,13,21-22H,8-9,11-12,14-16H2,1-3H3/b6-4+/t21-,22-/m1/s1. The van der Waals surface area contributed by atoms with Crippen LogP contribution in [-0.2, 0) is 22.4 Å². The van der Waals surface area contributed by atoms with E-state index in [2.05, 4.69) is 17.3 Å². The summed E-state index contributed by atoms with van der Waals surface area (Å²) < 4.78 is 11.1. The van der Waals surface area contributed by atoms with Crippen molar-refractivity contribution in [1.82, 2.24) is 15.0 Å². The largest absolute Gasteiger partial charge is 0.483 e. The van der Waals surface area contributed by atoms with Crippen molar-refractivity contribution in [3.63, 3.8) is 0 Å². The molecule has 7 nitrogen and oxygen atoms in total. The highest BCUT2D eigenvalue weighted by Crippen LogP contribution is 2.28. The number of ether oxygens (including phenoxy) is 1. The Balaban J connectivity index is 1.59. The Morgan fingerprint density at radius 3 is 2.78 bits per heavy atom. The Morgan fingerprint density at radius 1 is 1.19 bits per heavy atom. The molecule has 0 N–H and O–H groups in total. The van der Waals surface area contributed by atoms with E-state index in [0.717, 1.165) is 41.8 Å². The summed E-state index contributed by atoms with van der Waals surface area (Å²) in [6, 6.07) is 7.69. The molecule has 2 atom stereocenters. The Hall–Kier alpha value is -3.09. The number of fused-ring (bicyclic) bond motifs is 2. The van der Waals surface area contributed by atoms with E-state index < -0.39 is 0 Å². The monoisotopic (exact) mass is 437 g/mol. The van der Waals surface area contributed by atoms with Gasteiger partial charge in [-0.1, -0.05) is 35.5 Å². The summed E-state index contributed by atoms with van der Waals surface area (Å²) >= 11 is 0. The summed E-state index contributed by atoms with van der Waals surface area (Å²) in [5.74, 6) is 1.42. The van der Waals surface area contributed by atoms with Crippen molar-refractivity contribution in [3.8, 4) is 5.75 Å². The minimum Gasteiger partial charge on any atom is -0.483 e. The van der Waals surface area contributed by atoms with Gasteiger partial charge in [0.1, 0.15) is 11.5 Å². The van der Waals surface area contributed by atoms with Gasteiger partial charge in [0.2, 0.25) is 5.91 Å². The number of nitrogens with zero attached hydrogens (tertiary/aromatic N) is 3. The van der Waals surface area contributed by atoms with Gasteiger partial charge in [0, 0.05) is 19.2 Å². The molecule has 3 heterocycles. The second kappa shape index (κ2) is 9.59. The fourth-order valence-electron chi connectivity index (χ4n) is 4.77. The molecule has 0 radical (unpaired) electrons. The lowest BCUT2D eigenvalue weighted by molar-refractivity contribution is -0.143. The van der Waals surface area contributed by atoms with Crippen LogP contribution in [0.25, 0.3) is 0 Å². The van der Waals surface area contributed by atoms with Gasteiger partial charge in [-0.3, -0.25) is 9.59 Å². The number of piperidine rings is 1. The molecule has 2 aliphatic heterocycles. The number of likely N-dealkylation sites (N-methyl/N-ethyl adjacent to an activating group) is 1. The fourth-order valence-corrected chi connectivity index (χ4v) is 4.77. The number of carbonyl (C=O) groups is 2. The van der Waals surface area contributed by atoms with Gasteiger partial charge in [-0.05, 0) is 51.2 Å². The van der Waals surface area contributed by atoms with E-state index in [9.17, 15) is 9.59 Å². The lowest BCUT2D eigenvalue weighted by Crippen LogP contribution is -2.58. The summed E-state index contributed by atoms with van der Waals surface area (Å²) in [5, 5.41) is 3.98. The van der Waals surface area contributed by atoms with Gasteiger partial charge < -0.3 is 19.1 Å². The van der Waals surface area contributed by atoms with Crippen LogP contribution in [0.5, 0.6) is 5.75 Å². The van der Waals surface area contributed by atoms with Crippen molar-refractivity contribution in [1.29, 1.82) is 0 Å². The van der Waals surface area contributed by atoms with Gasteiger partial charge in [-0.15, -0.1) is 0 Å². The summed E-state index contributed by atoms with van der Waals surface area (Å²) in [5.41, 5.74) is 2.66. The zero-order chi connectivity index (χ0) is 22.7. The molecule has 0 bridgehead atoms. The third-order valence-electron chi connectivity index (χ3n) is 6.67. The zero-order valence-corrected chi connectivity index (χ0v) is 19.0. The highest BCUT2D eigenvalue weighted by molar-refractivity contribution is 5.81. The zero-order valence-electron chi connectivity index (χ0n) is 19.0. The van der Waals surface area contributed by atoms with Crippen LogP contribution in [0.1, 0.15) is 41.8 Å². The lowest BCUT2D eigenvalue weighted by Gasteiger charge is -2.45. The Labute approximate surface area is 189 Å². The van der Waals surface area contributed by atoms with Crippen LogP contribution in [-0.4, -0.2) is 59.1 Å². The van der Waals surface area contributed by atoms with Gasteiger partial charge in [0.25, 0.3) is 5.91 Å². The van der Waals surface area contributed by atoms with Crippen LogP contribution in [0.3, 0.4) is 0 Å². The third kappa shape index (κ3) is 4.56. The molecule has 0 aliphatic carbocycles. The van der Waals surface area contributed by atoms with E-state index in [4.69, 9.17) is 9.26 Å². The maximum absolute atomic E-state index is 13.4. The summed E-state index contributed by atoms with van der Waals surface area (Å²) in [4.78, 5) is 30.1. The van der Waals surface area contributed by atoms with Crippen molar-refractivity contribution < 1.29 is 18.8 Å². The first kappa shape index (κ1) is 22.1. The molecule has 2 amide bonds. The van der Waals surface area contributed by atoms with Crippen LogP contribution in [0, 0.1) is 13.8 Å². The molecule has 4 rings (SSSR count). The average Bonchev–Trinajstić information content (AvgIpc) is 3.11. The highest BCUT2D eigenvalue weighted by atomic mass is 16.5. The van der Waals surface area contributed by atoms with Gasteiger partial charge in [0.15, 0.2) is 6.61 Å². The molecule has 1 aromatic heterocycles. The van der Waals surface area contributed by atoms with Crippen molar-refractivity contribution in [2.75, 3.05) is 20.2 Å². The first-order chi connectivity index (χ1) is 15.5. The molecule has 1 fully saturated rings. The number of rotatable bonds is 2. The molecule has 2 aromatic rings. The van der Waals surface area contributed by atoms with Crippen LogP contribution in [0.4, 0.5) is 0 Å². The van der Waals surface area contributed by atoms with Crippen molar-refractivity contribution in [2.45, 2.75) is 58.0 Å². The van der Waals surface area contributed by atoms with Crippen LogP contribution in [0.15, 0.2) is 40.9 Å². The molecular formula is C25H31N3O4. The number of hydrogen-bond donors (Lipinski definition) is 0. The molecule has 1 aromatic carbocycles. The highest BCUT2D eigenvalue weighted by Gasteiger charge is 2.37. The third-order valence-corrected chi connectivity index (χ3v) is 6.67. The van der Waals surface area contributed by atoms with E-state index >= 15 is 0 Å². The minimum atomic E-state index is -0.0726. The first-order valence-electron chi connectivity index (χ1n) is 11.3. The van der Waals surface area contributed by atoms with Crippen LogP contribution >= 0.6 is 0 Å². The predicted molar refractivity (Wildman–Crippen MR) is 120 cm³/mol. The number of carbonyl (C=O) groups excluding carboxylic acids is 2. The minimum absolute atomic E-state index is 0.00648. The van der Waals surface area contributed by atoms with Gasteiger partial charge in [0.05, 0.1) is 24.2 Å². The van der Waals surface area contributed by atoms with Crippen LogP contribution in [0.2, 0.25) is 0 Å². The molecule has 170 valence electrons. The second-order valence-electron chi connectivity index (χ2n) is 8.66. The maximum atomic E-state index is 13.4. The van der Waals surface area contributed by atoms with Gasteiger partial charge >= 0.3 is 0 Å². The second-order valence-corrected chi connectivity index (χ2v) is 8.66. The maximum Gasteiger partial charge on any atom is 0.260 e. The summed E-state index contributed by atoms with van der Waals surface area (Å²) in [6.45, 7) is 4.39. The molecule has 0 unspecified atom stereocenters. The summed E-state index contributed by atoms with van der Waals surface area (Å²) in [7, 11) is 1.83. The first-order valence-corrected chi connectivity index (χ1v) is 11.3. The number of benzene rings is 1. The van der Waals surface area contributed by atoms with Crippen molar-refractivity contribution in [2.24, 2.45) is 0 Å².